The van der Waals surface area contributed by atoms with E-state index in [-0.39, 0.29) is 0 Å². The molecule has 1 aromatic carbocycles. The first kappa shape index (κ1) is 11.3. The molecule has 0 aliphatic heterocycles. The lowest BCUT2D eigenvalue weighted by atomic mass is 10.0. The normalized spacial score (nSPS) is 10.4. The minimum absolute atomic E-state index is 0.968. The average Bonchev–Trinajstić information content (AvgIpc) is 2.25. The van der Waals surface area contributed by atoms with Crippen LogP contribution in [0.2, 0.25) is 0 Å². The van der Waals surface area contributed by atoms with Gasteiger partial charge in [-0.25, -0.2) is 0 Å². The molecule has 0 saturated heterocycles. The molecule has 0 nitrogen and oxygen atoms in total. The van der Waals surface area contributed by atoms with E-state index in [1.807, 2.05) is 0 Å². The SMILES string of the molecule is [CH2]CC[CH]c1ccc([CH]CC[CH2])cc1. The third-order valence-electron chi connectivity index (χ3n) is 2.10. The lowest BCUT2D eigenvalue weighted by Gasteiger charge is -2.02. The maximum atomic E-state index is 3.81. The standard InChI is InChI=1S/C14H18/c1-3-5-7-13-9-11-14(12-10-13)8-6-4-2/h7-12H,1-6H2. The Morgan fingerprint density at radius 1 is 0.786 bits per heavy atom. The molecule has 0 heteroatoms. The van der Waals surface area contributed by atoms with Crippen molar-refractivity contribution in [2.45, 2.75) is 25.7 Å². The predicted molar refractivity (Wildman–Crippen MR) is 62.4 cm³/mol. The summed E-state index contributed by atoms with van der Waals surface area (Å²) >= 11 is 0. The van der Waals surface area contributed by atoms with Crippen LogP contribution in [0.3, 0.4) is 0 Å². The van der Waals surface area contributed by atoms with Crippen molar-refractivity contribution in [3.8, 4) is 0 Å². The van der Waals surface area contributed by atoms with Crippen LogP contribution in [0.25, 0.3) is 0 Å². The summed E-state index contributed by atoms with van der Waals surface area (Å²) in [6.07, 6.45) is 8.49. The summed E-state index contributed by atoms with van der Waals surface area (Å²) in [6.45, 7) is 7.63. The van der Waals surface area contributed by atoms with E-state index < -0.39 is 0 Å². The van der Waals surface area contributed by atoms with Gasteiger partial charge in [-0.05, 0) is 36.8 Å². The highest BCUT2D eigenvalue weighted by Gasteiger charge is 1.94. The summed E-state index contributed by atoms with van der Waals surface area (Å²) in [6, 6.07) is 8.63. The van der Waals surface area contributed by atoms with Crippen LogP contribution in [0, 0.1) is 26.7 Å². The van der Waals surface area contributed by atoms with E-state index in [4.69, 9.17) is 0 Å². The molecule has 0 saturated carbocycles. The molecule has 74 valence electrons. The van der Waals surface area contributed by atoms with Gasteiger partial charge in [0.25, 0.3) is 0 Å². The Morgan fingerprint density at radius 2 is 1.14 bits per heavy atom. The van der Waals surface area contributed by atoms with Gasteiger partial charge in [0.2, 0.25) is 0 Å². The summed E-state index contributed by atoms with van der Waals surface area (Å²) in [5.74, 6) is 0. The average molecular weight is 186 g/mol. The number of unbranched alkanes of at least 4 members (excludes halogenated alkanes) is 2. The molecule has 0 spiro atoms. The van der Waals surface area contributed by atoms with Gasteiger partial charge in [-0.15, -0.1) is 0 Å². The molecule has 0 atom stereocenters. The van der Waals surface area contributed by atoms with E-state index >= 15 is 0 Å². The van der Waals surface area contributed by atoms with Crippen molar-refractivity contribution in [1.29, 1.82) is 0 Å². The number of hydrogen-bond donors (Lipinski definition) is 0. The zero-order valence-electron chi connectivity index (χ0n) is 8.71. The monoisotopic (exact) mass is 186 g/mol. The van der Waals surface area contributed by atoms with E-state index in [1.165, 1.54) is 11.1 Å². The first-order chi connectivity index (χ1) is 6.86. The Labute approximate surface area is 88.4 Å². The summed E-state index contributed by atoms with van der Waals surface area (Å²) in [7, 11) is 0. The minimum atomic E-state index is 0.968. The Kier molecular flexibility index (Phi) is 5.36. The van der Waals surface area contributed by atoms with Crippen molar-refractivity contribution in [2.75, 3.05) is 0 Å². The second-order valence-electron chi connectivity index (χ2n) is 3.36. The van der Waals surface area contributed by atoms with E-state index in [9.17, 15) is 0 Å². The Morgan fingerprint density at radius 3 is 1.43 bits per heavy atom. The van der Waals surface area contributed by atoms with Crippen molar-refractivity contribution < 1.29 is 0 Å². The smallest absolute Gasteiger partial charge is 0.00931 e. The van der Waals surface area contributed by atoms with Gasteiger partial charge in [0.05, 0.1) is 0 Å². The quantitative estimate of drug-likeness (QED) is 0.629. The fourth-order valence-electron chi connectivity index (χ4n) is 1.31. The highest BCUT2D eigenvalue weighted by atomic mass is 14.0. The van der Waals surface area contributed by atoms with Gasteiger partial charge in [0.1, 0.15) is 0 Å². The first-order valence-corrected chi connectivity index (χ1v) is 5.22. The molecule has 0 heterocycles. The van der Waals surface area contributed by atoms with Gasteiger partial charge in [0.15, 0.2) is 0 Å². The van der Waals surface area contributed by atoms with E-state index in [2.05, 4.69) is 51.0 Å². The van der Waals surface area contributed by atoms with Crippen LogP contribution >= 0.6 is 0 Å². The topological polar surface area (TPSA) is 0 Å². The molecule has 0 aromatic heterocycles. The number of rotatable bonds is 6. The minimum Gasteiger partial charge on any atom is -0.0585 e. The van der Waals surface area contributed by atoms with Gasteiger partial charge in [0, 0.05) is 0 Å². The van der Waals surface area contributed by atoms with Crippen LogP contribution in [0.4, 0.5) is 0 Å². The molecule has 0 N–H and O–H groups in total. The van der Waals surface area contributed by atoms with E-state index in [0.717, 1.165) is 25.7 Å². The van der Waals surface area contributed by atoms with Gasteiger partial charge in [-0.2, -0.15) is 0 Å². The van der Waals surface area contributed by atoms with E-state index in [0.29, 0.717) is 0 Å². The zero-order chi connectivity index (χ0) is 10.2. The van der Waals surface area contributed by atoms with E-state index in [1.54, 1.807) is 0 Å². The van der Waals surface area contributed by atoms with Crippen molar-refractivity contribution in [1.82, 2.24) is 0 Å². The number of hydrogen-bond acceptors (Lipinski definition) is 0. The van der Waals surface area contributed by atoms with Crippen LogP contribution in [0.5, 0.6) is 0 Å². The van der Waals surface area contributed by atoms with Crippen molar-refractivity contribution in [3.05, 3.63) is 62.1 Å². The molecular formula is C14H18. The Balaban J connectivity index is 2.42. The molecule has 4 radical (unpaired) electrons. The molecule has 0 aliphatic rings. The second kappa shape index (κ2) is 6.64. The van der Waals surface area contributed by atoms with Crippen LogP contribution in [-0.2, 0) is 0 Å². The second-order valence-corrected chi connectivity index (χ2v) is 3.36. The predicted octanol–water partition coefficient (Wildman–Crippen LogP) is 4.02. The first-order valence-electron chi connectivity index (χ1n) is 5.22. The highest BCUT2D eigenvalue weighted by Crippen LogP contribution is 2.12. The molecule has 0 fully saturated rings. The Hall–Kier alpha value is -0.780. The summed E-state index contributed by atoms with van der Waals surface area (Å²) in [4.78, 5) is 0. The van der Waals surface area contributed by atoms with Crippen LogP contribution < -0.4 is 0 Å². The summed E-state index contributed by atoms with van der Waals surface area (Å²) in [5.41, 5.74) is 2.58. The third-order valence-corrected chi connectivity index (χ3v) is 2.10. The van der Waals surface area contributed by atoms with Gasteiger partial charge < -0.3 is 0 Å². The third kappa shape index (κ3) is 3.95. The number of benzene rings is 1. The lowest BCUT2D eigenvalue weighted by Crippen LogP contribution is -1.84. The van der Waals surface area contributed by atoms with Crippen molar-refractivity contribution in [2.24, 2.45) is 0 Å². The van der Waals surface area contributed by atoms with Crippen molar-refractivity contribution in [3.63, 3.8) is 0 Å². The largest absolute Gasteiger partial charge is 0.0585 e. The molecule has 0 amide bonds. The van der Waals surface area contributed by atoms with Crippen LogP contribution in [-0.4, -0.2) is 0 Å². The Bertz CT molecular complexity index is 206. The van der Waals surface area contributed by atoms with Gasteiger partial charge in [-0.1, -0.05) is 51.0 Å². The van der Waals surface area contributed by atoms with Crippen molar-refractivity contribution >= 4 is 0 Å². The molecule has 0 bridgehead atoms. The maximum Gasteiger partial charge on any atom is -0.00931 e. The fourth-order valence-corrected chi connectivity index (χ4v) is 1.31. The highest BCUT2D eigenvalue weighted by molar-refractivity contribution is 5.31. The molecule has 14 heavy (non-hydrogen) atoms. The molecular weight excluding hydrogens is 168 g/mol. The molecule has 1 aromatic rings. The summed E-state index contributed by atoms with van der Waals surface area (Å²) in [5, 5.41) is 0. The van der Waals surface area contributed by atoms with Gasteiger partial charge in [-0.3, -0.25) is 0 Å². The van der Waals surface area contributed by atoms with Gasteiger partial charge >= 0.3 is 0 Å². The molecule has 1 rings (SSSR count). The molecule has 0 aliphatic carbocycles. The van der Waals surface area contributed by atoms with Crippen LogP contribution in [0.1, 0.15) is 36.8 Å². The summed E-state index contributed by atoms with van der Waals surface area (Å²) < 4.78 is 0. The van der Waals surface area contributed by atoms with Crippen LogP contribution in [0.15, 0.2) is 24.3 Å². The maximum absolute atomic E-state index is 3.81. The lowest BCUT2D eigenvalue weighted by molar-refractivity contribution is 0.980. The fraction of sp³-hybridized carbons (Fsp3) is 0.286. The molecule has 0 unspecified atom stereocenters. The zero-order valence-corrected chi connectivity index (χ0v) is 8.71.